The maximum atomic E-state index is 12.2. The Hall–Kier alpha value is -1.88. The van der Waals surface area contributed by atoms with Crippen molar-refractivity contribution in [1.82, 2.24) is 4.98 Å². The first-order valence-electron chi connectivity index (χ1n) is 6.24. The number of aromatic nitrogens is 1. The van der Waals surface area contributed by atoms with Crippen LogP contribution in [0.2, 0.25) is 0 Å². The summed E-state index contributed by atoms with van der Waals surface area (Å²) in [4.78, 5) is 16.6. The number of hydrogen-bond donors (Lipinski definition) is 2. The van der Waals surface area contributed by atoms with E-state index in [4.69, 9.17) is 0 Å². The third-order valence-corrected chi connectivity index (χ3v) is 3.86. The Morgan fingerprint density at radius 2 is 1.95 bits per heavy atom. The zero-order valence-corrected chi connectivity index (χ0v) is 13.2. The highest BCUT2D eigenvalue weighted by Gasteiger charge is 2.10. The second kappa shape index (κ2) is 6.05. The summed E-state index contributed by atoms with van der Waals surface area (Å²) >= 11 is 3.39. The molecule has 1 heterocycles. The van der Waals surface area contributed by atoms with Crippen molar-refractivity contribution in [3.63, 3.8) is 0 Å². The van der Waals surface area contributed by atoms with Crippen LogP contribution in [0, 0.1) is 13.8 Å². The van der Waals surface area contributed by atoms with Crippen LogP contribution < -0.4 is 10.6 Å². The third kappa shape index (κ3) is 3.17. The van der Waals surface area contributed by atoms with Crippen LogP contribution in [0.15, 0.2) is 34.8 Å². The first-order chi connectivity index (χ1) is 9.51. The van der Waals surface area contributed by atoms with E-state index >= 15 is 0 Å². The lowest BCUT2D eigenvalue weighted by Crippen LogP contribution is -2.14. The molecule has 0 aliphatic carbocycles. The van der Waals surface area contributed by atoms with Crippen molar-refractivity contribution in [2.75, 3.05) is 17.7 Å². The second-order valence-electron chi connectivity index (χ2n) is 4.50. The van der Waals surface area contributed by atoms with E-state index < -0.39 is 0 Å². The third-order valence-electron chi connectivity index (χ3n) is 3.02. The highest BCUT2D eigenvalue weighted by atomic mass is 79.9. The first-order valence-corrected chi connectivity index (χ1v) is 7.03. The lowest BCUT2D eigenvalue weighted by atomic mass is 10.1. The molecule has 0 radical (unpaired) electrons. The number of amides is 1. The maximum absolute atomic E-state index is 12.2. The van der Waals surface area contributed by atoms with Gasteiger partial charge in [-0.1, -0.05) is 0 Å². The SMILES string of the molecule is CNc1ccc(C(=O)Nc2ccc(Br)c(C)n2)c(C)c1. The van der Waals surface area contributed by atoms with Crippen LogP contribution in [-0.2, 0) is 0 Å². The maximum Gasteiger partial charge on any atom is 0.257 e. The molecule has 0 unspecified atom stereocenters. The van der Waals surface area contributed by atoms with Gasteiger partial charge in [-0.05, 0) is 65.7 Å². The van der Waals surface area contributed by atoms with Crippen LogP contribution in [0.25, 0.3) is 0 Å². The molecule has 0 saturated heterocycles. The van der Waals surface area contributed by atoms with E-state index in [-0.39, 0.29) is 5.91 Å². The summed E-state index contributed by atoms with van der Waals surface area (Å²) in [6.07, 6.45) is 0. The molecule has 1 aromatic carbocycles. The topological polar surface area (TPSA) is 54.0 Å². The zero-order chi connectivity index (χ0) is 14.7. The van der Waals surface area contributed by atoms with Crippen LogP contribution in [0.1, 0.15) is 21.6 Å². The number of aryl methyl sites for hydroxylation is 2. The van der Waals surface area contributed by atoms with Gasteiger partial charge in [-0.25, -0.2) is 4.98 Å². The minimum atomic E-state index is -0.153. The summed E-state index contributed by atoms with van der Waals surface area (Å²) in [5.41, 5.74) is 3.39. The lowest BCUT2D eigenvalue weighted by Gasteiger charge is -2.09. The number of nitrogens with one attached hydrogen (secondary N) is 2. The molecule has 20 heavy (non-hydrogen) atoms. The number of anilines is 2. The highest BCUT2D eigenvalue weighted by Crippen LogP contribution is 2.18. The van der Waals surface area contributed by atoms with Gasteiger partial charge in [0, 0.05) is 22.8 Å². The van der Waals surface area contributed by atoms with Gasteiger partial charge in [0.15, 0.2) is 0 Å². The van der Waals surface area contributed by atoms with Gasteiger partial charge in [0.1, 0.15) is 5.82 Å². The molecule has 0 fully saturated rings. The Morgan fingerprint density at radius 3 is 2.55 bits per heavy atom. The molecule has 5 heteroatoms. The number of carbonyl (C=O) groups excluding carboxylic acids is 1. The van der Waals surface area contributed by atoms with Crippen LogP contribution in [0.3, 0.4) is 0 Å². The lowest BCUT2D eigenvalue weighted by molar-refractivity contribution is 0.102. The fraction of sp³-hybridized carbons (Fsp3) is 0.200. The summed E-state index contributed by atoms with van der Waals surface area (Å²) < 4.78 is 0.921. The molecule has 104 valence electrons. The van der Waals surface area contributed by atoms with Crippen LogP contribution in [-0.4, -0.2) is 17.9 Å². The first kappa shape index (κ1) is 14.5. The van der Waals surface area contributed by atoms with Gasteiger partial charge in [-0.15, -0.1) is 0 Å². The van der Waals surface area contributed by atoms with E-state index in [1.165, 1.54) is 0 Å². The van der Waals surface area contributed by atoms with E-state index in [0.29, 0.717) is 11.4 Å². The number of pyridine rings is 1. The molecule has 2 rings (SSSR count). The van der Waals surface area contributed by atoms with Crippen LogP contribution in [0.4, 0.5) is 11.5 Å². The molecule has 2 aromatic rings. The molecule has 4 nitrogen and oxygen atoms in total. The van der Waals surface area contributed by atoms with E-state index in [2.05, 4.69) is 31.5 Å². The predicted molar refractivity (Wildman–Crippen MR) is 85.4 cm³/mol. The molecule has 0 saturated carbocycles. The minimum Gasteiger partial charge on any atom is -0.388 e. The van der Waals surface area contributed by atoms with Crippen molar-refractivity contribution >= 4 is 33.3 Å². The molecular weight excluding hydrogens is 318 g/mol. The Morgan fingerprint density at radius 1 is 1.20 bits per heavy atom. The predicted octanol–water partition coefficient (Wildman–Crippen LogP) is 3.75. The van der Waals surface area contributed by atoms with Crippen molar-refractivity contribution < 1.29 is 4.79 Å². The summed E-state index contributed by atoms with van der Waals surface area (Å²) in [6, 6.07) is 9.26. The molecule has 0 aliphatic rings. The van der Waals surface area contributed by atoms with E-state index in [9.17, 15) is 4.79 Å². The summed E-state index contributed by atoms with van der Waals surface area (Å²) in [6.45, 7) is 3.79. The fourth-order valence-electron chi connectivity index (χ4n) is 1.87. The van der Waals surface area contributed by atoms with Gasteiger partial charge in [-0.3, -0.25) is 4.79 Å². The second-order valence-corrected chi connectivity index (χ2v) is 5.35. The van der Waals surface area contributed by atoms with Crippen molar-refractivity contribution in [3.8, 4) is 0 Å². The van der Waals surface area contributed by atoms with E-state index in [1.807, 2.05) is 45.2 Å². The zero-order valence-electron chi connectivity index (χ0n) is 11.6. The van der Waals surface area contributed by atoms with Gasteiger partial charge >= 0.3 is 0 Å². The average molecular weight is 334 g/mol. The van der Waals surface area contributed by atoms with Crippen molar-refractivity contribution in [1.29, 1.82) is 0 Å². The number of carbonyl (C=O) groups is 1. The van der Waals surface area contributed by atoms with Crippen molar-refractivity contribution in [3.05, 3.63) is 51.6 Å². The van der Waals surface area contributed by atoms with Gasteiger partial charge in [-0.2, -0.15) is 0 Å². The highest BCUT2D eigenvalue weighted by molar-refractivity contribution is 9.10. The van der Waals surface area contributed by atoms with Crippen molar-refractivity contribution in [2.45, 2.75) is 13.8 Å². The van der Waals surface area contributed by atoms with Crippen molar-refractivity contribution in [2.24, 2.45) is 0 Å². The number of hydrogen-bond acceptors (Lipinski definition) is 3. The number of rotatable bonds is 3. The Kier molecular flexibility index (Phi) is 4.39. The average Bonchev–Trinajstić information content (AvgIpc) is 2.42. The monoisotopic (exact) mass is 333 g/mol. The summed E-state index contributed by atoms with van der Waals surface area (Å²) in [5, 5.41) is 5.86. The smallest absolute Gasteiger partial charge is 0.257 e. The number of halogens is 1. The number of nitrogens with zero attached hydrogens (tertiary/aromatic N) is 1. The number of benzene rings is 1. The molecule has 0 bridgehead atoms. The van der Waals surface area contributed by atoms with Gasteiger partial charge in [0.25, 0.3) is 5.91 Å². The molecule has 0 aliphatic heterocycles. The van der Waals surface area contributed by atoms with Gasteiger partial charge < -0.3 is 10.6 Å². The van der Waals surface area contributed by atoms with Gasteiger partial charge in [0.05, 0.1) is 5.69 Å². The summed E-state index contributed by atoms with van der Waals surface area (Å²) in [5.74, 6) is 0.396. The standard InChI is InChI=1S/C15H16BrN3O/c1-9-8-11(17-3)4-5-12(9)15(20)19-14-7-6-13(16)10(2)18-14/h4-8,17H,1-3H3,(H,18,19,20). The Labute approximate surface area is 126 Å². The summed E-state index contributed by atoms with van der Waals surface area (Å²) in [7, 11) is 1.85. The minimum absolute atomic E-state index is 0.153. The van der Waals surface area contributed by atoms with Crippen LogP contribution >= 0.6 is 15.9 Å². The largest absolute Gasteiger partial charge is 0.388 e. The molecule has 2 N–H and O–H groups in total. The quantitative estimate of drug-likeness (QED) is 0.899. The molecule has 0 atom stereocenters. The Balaban J connectivity index is 2.21. The van der Waals surface area contributed by atoms with E-state index in [0.717, 1.165) is 21.4 Å². The molecule has 1 amide bonds. The Bertz CT molecular complexity index is 656. The normalized spacial score (nSPS) is 10.2. The molecular formula is C15H16BrN3O. The van der Waals surface area contributed by atoms with E-state index in [1.54, 1.807) is 6.07 Å². The molecule has 1 aromatic heterocycles. The fourth-order valence-corrected chi connectivity index (χ4v) is 2.09. The molecule has 0 spiro atoms. The van der Waals surface area contributed by atoms with Crippen LogP contribution in [0.5, 0.6) is 0 Å². The van der Waals surface area contributed by atoms with Gasteiger partial charge in [0.2, 0.25) is 0 Å².